The number of para-hydroxylation sites is 2. The lowest BCUT2D eigenvalue weighted by Gasteiger charge is -2.10. The van der Waals surface area contributed by atoms with Gasteiger partial charge in [-0.2, -0.15) is 0 Å². The lowest BCUT2D eigenvalue weighted by molar-refractivity contribution is -0.113. The summed E-state index contributed by atoms with van der Waals surface area (Å²) in [5.41, 5.74) is 0.784. The van der Waals surface area contributed by atoms with Crippen molar-refractivity contribution in [1.82, 2.24) is 14.8 Å². The SMILES string of the molecule is COc1ccccc1OCc1nnc(SCC(=O)Nc2cccc(SC)c2)n1C. The maximum absolute atomic E-state index is 12.2. The fourth-order valence-electron chi connectivity index (χ4n) is 2.50. The van der Waals surface area contributed by atoms with Gasteiger partial charge in [0.25, 0.3) is 0 Å². The largest absolute Gasteiger partial charge is 0.493 e. The van der Waals surface area contributed by atoms with E-state index in [1.54, 1.807) is 18.9 Å². The predicted octanol–water partition coefficient (Wildman–Crippen LogP) is 3.86. The van der Waals surface area contributed by atoms with Crippen molar-refractivity contribution in [3.8, 4) is 11.5 Å². The molecule has 0 atom stereocenters. The molecular weight excluding hydrogens is 408 g/mol. The zero-order valence-electron chi connectivity index (χ0n) is 16.4. The van der Waals surface area contributed by atoms with Crippen LogP contribution >= 0.6 is 23.5 Å². The number of nitrogens with one attached hydrogen (secondary N) is 1. The zero-order valence-corrected chi connectivity index (χ0v) is 18.0. The van der Waals surface area contributed by atoms with Gasteiger partial charge in [0, 0.05) is 17.6 Å². The van der Waals surface area contributed by atoms with Crippen molar-refractivity contribution in [2.75, 3.05) is 24.4 Å². The average Bonchev–Trinajstić information content (AvgIpc) is 3.10. The Labute approximate surface area is 178 Å². The second-order valence-electron chi connectivity index (χ2n) is 5.97. The molecule has 3 rings (SSSR count). The lowest BCUT2D eigenvalue weighted by atomic mass is 10.3. The van der Waals surface area contributed by atoms with Gasteiger partial charge in [-0.05, 0) is 36.6 Å². The van der Waals surface area contributed by atoms with Crippen molar-refractivity contribution in [3.63, 3.8) is 0 Å². The Morgan fingerprint density at radius 3 is 2.69 bits per heavy atom. The molecule has 0 aliphatic carbocycles. The highest BCUT2D eigenvalue weighted by Crippen LogP contribution is 2.27. The van der Waals surface area contributed by atoms with Gasteiger partial charge in [0.15, 0.2) is 22.5 Å². The second-order valence-corrected chi connectivity index (χ2v) is 7.79. The van der Waals surface area contributed by atoms with Crippen molar-refractivity contribution in [3.05, 3.63) is 54.4 Å². The van der Waals surface area contributed by atoms with Gasteiger partial charge in [-0.15, -0.1) is 22.0 Å². The molecule has 1 N–H and O–H groups in total. The van der Waals surface area contributed by atoms with E-state index in [0.717, 1.165) is 10.6 Å². The highest BCUT2D eigenvalue weighted by molar-refractivity contribution is 7.99. The van der Waals surface area contributed by atoms with Gasteiger partial charge in [0.05, 0.1) is 12.9 Å². The third kappa shape index (κ3) is 5.68. The molecule has 1 aromatic heterocycles. The van der Waals surface area contributed by atoms with E-state index in [1.165, 1.54) is 11.8 Å². The highest BCUT2D eigenvalue weighted by Gasteiger charge is 2.13. The van der Waals surface area contributed by atoms with Gasteiger partial charge in [-0.1, -0.05) is 30.0 Å². The Bertz CT molecular complexity index is 978. The summed E-state index contributed by atoms with van der Waals surface area (Å²) >= 11 is 2.96. The summed E-state index contributed by atoms with van der Waals surface area (Å²) in [5, 5.41) is 11.9. The van der Waals surface area contributed by atoms with Crippen molar-refractivity contribution >= 4 is 35.1 Å². The van der Waals surface area contributed by atoms with Gasteiger partial charge < -0.3 is 19.4 Å². The van der Waals surface area contributed by atoms with Gasteiger partial charge in [-0.25, -0.2) is 0 Å². The maximum Gasteiger partial charge on any atom is 0.234 e. The van der Waals surface area contributed by atoms with Crippen LogP contribution < -0.4 is 14.8 Å². The molecule has 0 unspecified atom stereocenters. The fourth-order valence-corrected chi connectivity index (χ4v) is 3.69. The van der Waals surface area contributed by atoms with Crippen LogP contribution in [-0.2, 0) is 18.4 Å². The summed E-state index contributed by atoms with van der Waals surface area (Å²) in [6.07, 6.45) is 2.00. The number of anilines is 1. The molecule has 29 heavy (non-hydrogen) atoms. The smallest absolute Gasteiger partial charge is 0.234 e. The van der Waals surface area contributed by atoms with Crippen LogP contribution in [0.5, 0.6) is 11.5 Å². The minimum atomic E-state index is -0.0944. The van der Waals surface area contributed by atoms with E-state index in [2.05, 4.69) is 15.5 Å². The standard InChI is InChI=1S/C20H22N4O3S2/c1-24-18(12-27-17-10-5-4-9-16(17)26-2)22-23-20(24)29-13-19(25)21-14-7-6-8-15(11-14)28-3/h4-11H,12-13H2,1-3H3,(H,21,25). The normalized spacial score (nSPS) is 10.6. The van der Waals surface area contributed by atoms with Crippen LogP contribution in [0.3, 0.4) is 0 Å². The number of rotatable bonds is 9. The van der Waals surface area contributed by atoms with E-state index in [1.807, 2.05) is 66.4 Å². The first-order chi connectivity index (χ1) is 14.1. The number of benzene rings is 2. The summed E-state index contributed by atoms with van der Waals surface area (Å²) in [6, 6.07) is 15.2. The molecule has 3 aromatic rings. The van der Waals surface area contributed by atoms with Gasteiger partial charge >= 0.3 is 0 Å². The quantitative estimate of drug-likeness (QED) is 0.517. The summed E-state index contributed by atoms with van der Waals surface area (Å²) in [5.74, 6) is 2.10. The van der Waals surface area contributed by atoms with Crippen molar-refractivity contribution in [1.29, 1.82) is 0 Å². The van der Waals surface area contributed by atoms with Crippen LogP contribution in [0, 0.1) is 0 Å². The second kappa shape index (κ2) is 10.2. The van der Waals surface area contributed by atoms with Crippen LogP contribution in [0.1, 0.15) is 5.82 Å². The molecule has 0 saturated carbocycles. The van der Waals surface area contributed by atoms with E-state index in [0.29, 0.717) is 22.5 Å². The molecular formula is C20H22N4O3S2. The number of thioether (sulfide) groups is 2. The molecule has 0 fully saturated rings. The number of aromatic nitrogens is 3. The molecule has 0 spiro atoms. The first-order valence-corrected chi connectivity index (χ1v) is 11.0. The average molecular weight is 431 g/mol. The molecule has 0 aliphatic heterocycles. The van der Waals surface area contributed by atoms with Crippen molar-refractivity contribution in [2.24, 2.45) is 7.05 Å². The van der Waals surface area contributed by atoms with E-state index in [9.17, 15) is 4.79 Å². The van der Waals surface area contributed by atoms with Gasteiger partial charge in [-0.3, -0.25) is 4.79 Å². The predicted molar refractivity (Wildman–Crippen MR) is 116 cm³/mol. The number of methoxy groups -OCH3 is 1. The van der Waals surface area contributed by atoms with Crippen LogP contribution in [0.15, 0.2) is 58.6 Å². The van der Waals surface area contributed by atoms with Gasteiger partial charge in [0.1, 0.15) is 6.61 Å². The lowest BCUT2D eigenvalue weighted by Crippen LogP contribution is -2.14. The number of carbonyl (C=O) groups excluding carboxylic acids is 1. The summed E-state index contributed by atoms with van der Waals surface area (Å²) in [6.45, 7) is 0.248. The third-order valence-corrected chi connectivity index (χ3v) is 5.78. The number of nitrogens with zero attached hydrogens (tertiary/aromatic N) is 3. The van der Waals surface area contributed by atoms with E-state index in [-0.39, 0.29) is 18.3 Å². The molecule has 0 radical (unpaired) electrons. The first-order valence-electron chi connectivity index (χ1n) is 8.81. The molecule has 9 heteroatoms. The zero-order chi connectivity index (χ0) is 20.6. The van der Waals surface area contributed by atoms with Crippen molar-refractivity contribution in [2.45, 2.75) is 16.7 Å². The monoisotopic (exact) mass is 430 g/mol. The third-order valence-electron chi connectivity index (χ3n) is 4.04. The summed E-state index contributed by atoms with van der Waals surface area (Å²) in [7, 11) is 3.45. The maximum atomic E-state index is 12.2. The van der Waals surface area contributed by atoms with Gasteiger partial charge in [0.2, 0.25) is 5.91 Å². The molecule has 0 bridgehead atoms. The Balaban J connectivity index is 1.54. The minimum Gasteiger partial charge on any atom is -0.493 e. The van der Waals surface area contributed by atoms with Crippen molar-refractivity contribution < 1.29 is 14.3 Å². The molecule has 0 aliphatic rings. The first kappa shape index (κ1) is 21.1. The Kier molecular flexibility index (Phi) is 7.42. The van der Waals surface area contributed by atoms with E-state index < -0.39 is 0 Å². The molecule has 1 amide bonds. The highest BCUT2D eigenvalue weighted by atomic mass is 32.2. The fraction of sp³-hybridized carbons (Fsp3) is 0.250. The number of amides is 1. The number of ether oxygens (including phenoxy) is 2. The molecule has 152 valence electrons. The number of hydrogen-bond acceptors (Lipinski definition) is 7. The van der Waals surface area contributed by atoms with Crippen LogP contribution in [0.25, 0.3) is 0 Å². The number of carbonyl (C=O) groups is 1. The Hall–Kier alpha value is -2.65. The number of hydrogen-bond donors (Lipinski definition) is 1. The molecule has 1 heterocycles. The Morgan fingerprint density at radius 2 is 1.93 bits per heavy atom. The minimum absolute atomic E-state index is 0.0944. The molecule has 0 saturated heterocycles. The van der Waals surface area contributed by atoms with Crippen LogP contribution in [0.4, 0.5) is 5.69 Å². The van der Waals surface area contributed by atoms with Crippen LogP contribution in [0.2, 0.25) is 0 Å². The van der Waals surface area contributed by atoms with Crippen LogP contribution in [-0.4, -0.2) is 39.8 Å². The topological polar surface area (TPSA) is 78.3 Å². The molecule has 2 aromatic carbocycles. The Morgan fingerprint density at radius 1 is 1.14 bits per heavy atom. The summed E-state index contributed by atoms with van der Waals surface area (Å²) in [4.78, 5) is 13.4. The summed E-state index contributed by atoms with van der Waals surface area (Å²) < 4.78 is 12.9. The van der Waals surface area contributed by atoms with E-state index in [4.69, 9.17) is 9.47 Å². The molecule has 7 nitrogen and oxygen atoms in total. The van der Waals surface area contributed by atoms with E-state index >= 15 is 0 Å².